The van der Waals surface area contributed by atoms with Gasteiger partial charge in [0.15, 0.2) is 23.1 Å². The molecule has 1 aliphatic rings. The molecule has 0 fully saturated rings. The molecule has 0 bridgehead atoms. The molecule has 40 heavy (non-hydrogen) atoms. The second-order valence-electron chi connectivity index (χ2n) is 9.31. The van der Waals surface area contributed by atoms with Crippen molar-refractivity contribution in [2.45, 2.75) is 6.42 Å². The summed E-state index contributed by atoms with van der Waals surface area (Å²) in [7, 11) is 1.61. The van der Waals surface area contributed by atoms with E-state index in [0.717, 1.165) is 17.7 Å². The van der Waals surface area contributed by atoms with E-state index in [0.29, 0.717) is 52.1 Å². The molecule has 8 nitrogen and oxygen atoms in total. The van der Waals surface area contributed by atoms with Crippen molar-refractivity contribution in [1.29, 1.82) is 0 Å². The van der Waals surface area contributed by atoms with Gasteiger partial charge in [0.1, 0.15) is 17.1 Å². The van der Waals surface area contributed by atoms with E-state index in [-0.39, 0.29) is 29.8 Å². The number of nitrogens with one attached hydrogen (secondary N) is 2. The highest BCUT2D eigenvalue weighted by Crippen LogP contribution is 2.38. The topological polar surface area (TPSA) is 94.6 Å². The Morgan fingerprint density at radius 3 is 2.67 bits per heavy atom. The van der Waals surface area contributed by atoms with Crippen LogP contribution in [0.15, 0.2) is 77.9 Å². The second kappa shape index (κ2) is 10.2. The van der Waals surface area contributed by atoms with E-state index >= 15 is 0 Å². The molecule has 0 saturated heterocycles. The van der Waals surface area contributed by atoms with E-state index < -0.39 is 11.6 Å². The third-order valence-electron chi connectivity index (χ3n) is 6.68. The zero-order valence-corrected chi connectivity index (χ0v) is 21.3. The van der Waals surface area contributed by atoms with Gasteiger partial charge in [-0.25, -0.2) is 8.78 Å². The highest BCUT2D eigenvalue weighted by molar-refractivity contribution is 6.00. The highest BCUT2D eigenvalue weighted by atomic mass is 19.1. The van der Waals surface area contributed by atoms with Gasteiger partial charge in [-0.1, -0.05) is 6.07 Å². The molecule has 202 valence electrons. The number of nitrogens with zero attached hydrogens (tertiary/aromatic N) is 1. The number of aromatic amines is 1. The summed E-state index contributed by atoms with van der Waals surface area (Å²) in [5.41, 5.74) is 2.50. The Bertz CT molecular complexity index is 1830. The van der Waals surface area contributed by atoms with Crippen molar-refractivity contribution in [2.24, 2.45) is 7.05 Å². The van der Waals surface area contributed by atoms with Gasteiger partial charge in [0.25, 0.3) is 11.5 Å². The van der Waals surface area contributed by atoms with Crippen LogP contribution in [0.25, 0.3) is 22.0 Å². The van der Waals surface area contributed by atoms with Crippen LogP contribution in [0, 0.1) is 11.6 Å². The lowest BCUT2D eigenvalue weighted by atomic mass is 10.00. The van der Waals surface area contributed by atoms with Crippen molar-refractivity contribution in [3.05, 3.63) is 106 Å². The molecular formula is C30H23F2N3O5. The smallest absolute Gasteiger partial charge is 0.274 e. The van der Waals surface area contributed by atoms with E-state index in [4.69, 9.17) is 14.2 Å². The fourth-order valence-corrected chi connectivity index (χ4v) is 4.65. The van der Waals surface area contributed by atoms with Crippen LogP contribution in [0.3, 0.4) is 0 Å². The molecule has 0 saturated carbocycles. The summed E-state index contributed by atoms with van der Waals surface area (Å²) in [6.07, 6.45) is 3.84. The molecule has 3 heterocycles. The number of hydrogen-bond acceptors (Lipinski definition) is 5. The molecule has 5 aromatic rings. The number of rotatable bonds is 7. The van der Waals surface area contributed by atoms with Gasteiger partial charge in [0, 0.05) is 54.1 Å². The fourth-order valence-electron chi connectivity index (χ4n) is 4.65. The molecule has 0 aliphatic carbocycles. The molecule has 0 unspecified atom stereocenters. The first-order chi connectivity index (χ1) is 19.4. The predicted octanol–water partition coefficient (Wildman–Crippen LogP) is 5.31. The van der Waals surface area contributed by atoms with E-state index in [1.807, 2.05) is 18.2 Å². The van der Waals surface area contributed by atoms with Crippen LogP contribution in [0.1, 0.15) is 15.9 Å². The van der Waals surface area contributed by atoms with Crippen LogP contribution >= 0.6 is 0 Å². The van der Waals surface area contributed by atoms with Crippen molar-refractivity contribution in [2.75, 3.05) is 13.3 Å². The van der Waals surface area contributed by atoms with Crippen LogP contribution in [0.4, 0.5) is 8.78 Å². The average Bonchev–Trinajstić information content (AvgIpc) is 3.62. The lowest BCUT2D eigenvalue weighted by molar-refractivity contribution is 0.0954. The molecule has 0 spiro atoms. The summed E-state index contributed by atoms with van der Waals surface area (Å²) < 4.78 is 46.0. The van der Waals surface area contributed by atoms with Gasteiger partial charge in [-0.05, 0) is 60.5 Å². The number of H-pyrrole nitrogens is 1. The van der Waals surface area contributed by atoms with Crippen molar-refractivity contribution in [3.63, 3.8) is 0 Å². The Morgan fingerprint density at radius 1 is 1.00 bits per heavy atom. The van der Waals surface area contributed by atoms with Gasteiger partial charge in [-0.3, -0.25) is 9.59 Å². The van der Waals surface area contributed by atoms with E-state index in [1.165, 1.54) is 10.6 Å². The normalized spacial score (nSPS) is 12.1. The lowest BCUT2D eigenvalue weighted by Gasteiger charge is -2.15. The predicted molar refractivity (Wildman–Crippen MR) is 144 cm³/mol. The number of halogens is 2. The third-order valence-corrected chi connectivity index (χ3v) is 6.68. The molecule has 2 aromatic heterocycles. The van der Waals surface area contributed by atoms with Gasteiger partial charge >= 0.3 is 0 Å². The first-order valence-electron chi connectivity index (χ1n) is 12.5. The molecule has 0 radical (unpaired) electrons. The van der Waals surface area contributed by atoms with E-state index in [1.54, 1.807) is 43.7 Å². The average molecular weight is 544 g/mol. The minimum atomic E-state index is -0.872. The Balaban J connectivity index is 1.32. The Kier molecular flexibility index (Phi) is 6.43. The molecule has 3 aromatic carbocycles. The number of aromatic nitrogens is 2. The maximum Gasteiger partial charge on any atom is 0.274 e. The fraction of sp³-hybridized carbons (Fsp3) is 0.133. The Morgan fingerprint density at radius 2 is 1.82 bits per heavy atom. The number of carbonyl (C=O) groups is 1. The standard InChI is InChI=1S/C30H23F2N3O5/c1-35-15-22(20-9-11-33-28(20)30(35)37)21-13-18(3-6-24(21)40-25-7-4-19(31)14-23(25)32)29(36)34-10-8-17-2-5-26-27(12-17)39-16-38-26/h2-7,9,11-15,33H,8,10,16H2,1H3,(H,34,36). The number of ether oxygens (including phenoxy) is 3. The largest absolute Gasteiger partial charge is 0.454 e. The first-order valence-corrected chi connectivity index (χ1v) is 12.5. The van der Waals surface area contributed by atoms with Crippen LogP contribution in [-0.2, 0) is 13.5 Å². The zero-order chi connectivity index (χ0) is 27.8. The highest BCUT2D eigenvalue weighted by Gasteiger charge is 2.19. The second-order valence-corrected chi connectivity index (χ2v) is 9.31. The minimum Gasteiger partial charge on any atom is -0.454 e. The summed E-state index contributed by atoms with van der Waals surface area (Å²) in [5.74, 6) is -0.513. The summed E-state index contributed by atoms with van der Waals surface area (Å²) in [4.78, 5) is 28.7. The van der Waals surface area contributed by atoms with Crippen molar-refractivity contribution in [1.82, 2.24) is 14.9 Å². The third kappa shape index (κ3) is 4.75. The van der Waals surface area contributed by atoms with Crippen LogP contribution in [0.5, 0.6) is 23.0 Å². The monoisotopic (exact) mass is 543 g/mol. The quantitative estimate of drug-likeness (QED) is 0.290. The minimum absolute atomic E-state index is 0.182. The van der Waals surface area contributed by atoms with E-state index in [2.05, 4.69) is 10.3 Å². The molecule has 1 amide bonds. The summed E-state index contributed by atoms with van der Waals surface area (Å²) in [5, 5.41) is 3.52. The number of fused-ring (bicyclic) bond motifs is 2. The number of benzene rings is 3. The maximum atomic E-state index is 14.5. The van der Waals surface area contributed by atoms with Gasteiger partial charge in [0.2, 0.25) is 6.79 Å². The maximum absolute atomic E-state index is 14.5. The molecule has 10 heteroatoms. The van der Waals surface area contributed by atoms with Crippen LogP contribution in [-0.4, -0.2) is 28.8 Å². The lowest BCUT2D eigenvalue weighted by Crippen LogP contribution is -2.25. The van der Waals surface area contributed by atoms with Crippen molar-refractivity contribution >= 4 is 16.8 Å². The Labute approximate surface area is 226 Å². The SMILES string of the molecule is Cn1cc(-c2cc(C(=O)NCCc3ccc4c(c3)OCO4)ccc2Oc2ccc(F)cc2F)c2cc[nH]c2c1=O. The summed E-state index contributed by atoms with van der Waals surface area (Å²) >= 11 is 0. The van der Waals surface area contributed by atoms with Crippen LogP contribution < -0.4 is 25.1 Å². The molecular weight excluding hydrogens is 520 g/mol. The van der Waals surface area contributed by atoms with Crippen LogP contribution in [0.2, 0.25) is 0 Å². The number of aryl methyl sites for hydroxylation is 1. The number of hydrogen-bond donors (Lipinski definition) is 2. The number of amides is 1. The number of carbonyl (C=O) groups excluding carboxylic acids is 1. The first kappa shape index (κ1) is 25.2. The molecule has 6 rings (SSSR count). The van der Waals surface area contributed by atoms with Gasteiger partial charge in [-0.15, -0.1) is 0 Å². The summed E-state index contributed by atoms with van der Waals surface area (Å²) in [6, 6.07) is 15.1. The number of pyridine rings is 1. The zero-order valence-electron chi connectivity index (χ0n) is 21.3. The van der Waals surface area contributed by atoms with Gasteiger partial charge in [0.05, 0.1) is 0 Å². The van der Waals surface area contributed by atoms with Crippen molar-refractivity contribution < 1.29 is 27.8 Å². The van der Waals surface area contributed by atoms with E-state index in [9.17, 15) is 18.4 Å². The van der Waals surface area contributed by atoms with Gasteiger partial charge < -0.3 is 29.1 Å². The molecule has 0 atom stereocenters. The van der Waals surface area contributed by atoms with Crippen molar-refractivity contribution in [3.8, 4) is 34.1 Å². The molecule has 2 N–H and O–H groups in total. The Hall–Kier alpha value is -5.12. The summed E-state index contributed by atoms with van der Waals surface area (Å²) in [6.45, 7) is 0.560. The van der Waals surface area contributed by atoms with Gasteiger partial charge in [-0.2, -0.15) is 0 Å². The molecule has 1 aliphatic heterocycles.